The third kappa shape index (κ3) is 3.42. The lowest BCUT2D eigenvalue weighted by Crippen LogP contribution is -2.07. The zero-order chi connectivity index (χ0) is 17.6. The molecule has 25 heavy (non-hydrogen) atoms. The Hall–Kier alpha value is -3.80. The molecule has 124 valence electrons. The number of rotatable bonds is 5. The van der Waals surface area contributed by atoms with E-state index in [2.05, 4.69) is 30.9 Å². The van der Waals surface area contributed by atoms with Crippen molar-refractivity contribution in [1.82, 2.24) is 25.6 Å². The molecule has 0 saturated carbocycles. The van der Waals surface area contributed by atoms with Gasteiger partial charge in [-0.2, -0.15) is 10.5 Å². The van der Waals surface area contributed by atoms with Gasteiger partial charge in [0.05, 0.1) is 12.1 Å². The maximum Gasteiger partial charge on any atom is 0.356 e. The van der Waals surface area contributed by atoms with Crippen molar-refractivity contribution in [3.05, 3.63) is 48.1 Å². The Bertz CT molecular complexity index is 974. The summed E-state index contributed by atoms with van der Waals surface area (Å²) in [4.78, 5) is 16.1. The van der Waals surface area contributed by atoms with Gasteiger partial charge in [0.15, 0.2) is 0 Å². The van der Waals surface area contributed by atoms with Gasteiger partial charge in [-0.15, -0.1) is 10.2 Å². The van der Waals surface area contributed by atoms with Crippen LogP contribution < -0.4 is 5.32 Å². The first-order valence-corrected chi connectivity index (χ1v) is 7.40. The van der Waals surface area contributed by atoms with E-state index < -0.39 is 5.97 Å². The second-order valence-electron chi connectivity index (χ2n) is 4.84. The molecule has 0 aliphatic carbocycles. The number of pyridine rings is 1. The first kappa shape index (κ1) is 16.1. The third-order valence-electron chi connectivity index (χ3n) is 3.30. The summed E-state index contributed by atoms with van der Waals surface area (Å²) < 4.78 is 4.96. The second kappa shape index (κ2) is 7.18. The molecule has 0 atom stereocenters. The van der Waals surface area contributed by atoms with Crippen LogP contribution in [0.3, 0.4) is 0 Å². The lowest BCUT2D eigenvalue weighted by Gasteiger charge is -2.07. The number of fused-ring (bicyclic) bond motifs is 1. The fraction of sp³-hybridized carbons (Fsp3) is 0.125. The number of H-pyrrole nitrogens is 1. The van der Waals surface area contributed by atoms with Crippen LogP contribution in [0.1, 0.15) is 23.2 Å². The summed E-state index contributed by atoms with van der Waals surface area (Å²) in [5, 5.41) is 26.3. The van der Waals surface area contributed by atoms with Crippen LogP contribution in [0.2, 0.25) is 0 Å². The fourth-order valence-corrected chi connectivity index (χ4v) is 2.17. The highest BCUT2D eigenvalue weighted by Crippen LogP contribution is 2.23. The Morgan fingerprint density at radius 3 is 3.00 bits per heavy atom. The van der Waals surface area contributed by atoms with E-state index >= 15 is 0 Å². The van der Waals surface area contributed by atoms with Crippen LogP contribution in [0.4, 0.5) is 5.69 Å². The number of benzene rings is 1. The highest BCUT2D eigenvalue weighted by atomic mass is 16.5. The summed E-state index contributed by atoms with van der Waals surface area (Å²) >= 11 is 0. The minimum atomic E-state index is -0.466. The van der Waals surface area contributed by atoms with Gasteiger partial charge in [-0.05, 0) is 36.4 Å². The van der Waals surface area contributed by atoms with E-state index in [9.17, 15) is 10.1 Å². The van der Waals surface area contributed by atoms with Gasteiger partial charge < -0.3 is 10.1 Å². The van der Waals surface area contributed by atoms with Crippen LogP contribution >= 0.6 is 0 Å². The standard InChI is InChI=1S/C16H13N7O2/c1-2-25-16(24)14-7-6-11-12(4-3-5-13(11)19-14)18-9-10(8-17)15-20-22-23-21-15/h3-7,9,18H,2H2,1H3,(H,20,21,22,23). The molecule has 9 nitrogen and oxygen atoms in total. The fourth-order valence-electron chi connectivity index (χ4n) is 2.17. The van der Waals surface area contributed by atoms with Gasteiger partial charge in [-0.3, -0.25) is 0 Å². The Balaban J connectivity index is 1.92. The van der Waals surface area contributed by atoms with E-state index in [4.69, 9.17) is 4.74 Å². The number of tetrazole rings is 1. The van der Waals surface area contributed by atoms with Crippen molar-refractivity contribution in [3.63, 3.8) is 0 Å². The Morgan fingerprint density at radius 2 is 2.28 bits per heavy atom. The van der Waals surface area contributed by atoms with Crippen LogP contribution in [-0.2, 0) is 4.74 Å². The number of hydrogen-bond donors (Lipinski definition) is 2. The molecule has 3 aromatic rings. The first-order valence-electron chi connectivity index (χ1n) is 7.40. The summed E-state index contributed by atoms with van der Waals surface area (Å²) in [6, 6.07) is 10.8. The minimum absolute atomic E-state index is 0.193. The van der Waals surface area contributed by atoms with E-state index in [0.29, 0.717) is 5.52 Å². The molecule has 1 aromatic carbocycles. The molecule has 0 fully saturated rings. The van der Waals surface area contributed by atoms with E-state index in [0.717, 1.165) is 11.1 Å². The highest BCUT2D eigenvalue weighted by molar-refractivity contribution is 5.96. The molecule has 0 bridgehead atoms. The molecule has 0 saturated heterocycles. The topological polar surface area (TPSA) is 129 Å². The van der Waals surface area contributed by atoms with Gasteiger partial charge in [0, 0.05) is 17.3 Å². The zero-order valence-corrected chi connectivity index (χ0v) is 13.2. The summed E-state index contributed by atoms with van der Waals surface area (Å²) in [5.41, 5.74) is 1.81. The van der Waals surface area contributed by atoms with E-state index in [-0.39, 0.29) is 23.7 Å². The number of aromatic nitrogens is 5. The van der Waals surface area contributed by atoms with Crippen LogP contribution in [0.15, 0.2) is 36.5 Å². The largest absolute Gasteiger partial charge is 0.461 e. The van der Waals surface area contributed by atoms with Crippen molar-refractivity contribution in [2.24, 2.45) is 0 Å². The van der Waals surface area contributed by atoms with Crippen LogP contribution in [0, 0.1) is 11.3 Å². The van der Waals surface area contributed by atoms with Crippen molar-refractivity contribution in [2.75, 3.05) is 11.9 Å². The van der Waals surface area contributed by atoms with Gasteiger partial charge in [0.2, 0.25) is 5.82 Å². The van der Waals surface area contributed by atoms with E-state index in [1.165, 1.54) is 6.20 Å². The number of nitrogens with one attached hydrogen (secondary N) is 2. The number of hydrogen-bond acceptors (Lipinski definition) is 8. The summed E-state index contributed by atoms with van der Waals surface area (Å²) in [5.74, 6) is -0.274. The Kier molecular flexibility index (Phi) is 4.62. The normalized spacial score (nSPS) is 11.1. The van der Waals surface area contributed by atoms with Crippen LogP contribution in [0.25, 0.3) is 16.5 Å². The van der Waals surface area contributed by atoms with E-state index in [1.807, 2.05) is 12.1 Å². The molecule has 0 aliphatic heterocycles. The molecule has 0 amide bonds. The molecular formula is C16H13N7O2. The highest BCUT2D eigenvalue weighted by Gasteiger charge is 2.11. The van der Waals surface area contributed by atoms with Gasteiger partial charge in [-0.1, -0.05) is 6.07 Å². The third-order valence-corrected chi connectivity index (χ3v) is 3.30. The lowest BCUT2D eigenvalue weighted by atomic mass is 10.1. The second-order valence-corrected chi connectivity index (χ2v) is 4.84. The van der Waals surface area contributed by atoms with Crippen molar-refractivity contribution in [3.8, 4) is 6.07 Å². The monoisotopic (exact) mass is 335 g/mol. The molecule has 0 radical (unpaired) electrons. The molecular weight excluding hydrogens is 322 g/mol. The molecule has 2 N–H and O–H groups in total. The number of nitrogens with zero attached hydrogens (tertiary/aromatic N) is 5. The number of esters is 1. The van der Waals surface area contributed by atoms with Crippen LogP contribution in [-0.4, -0.2) is 38.2 Å². The molecule has 0 spiro atoms. The Morgan fingerprint density at radius 1 is 1.40 bits per heavy atom. The number of carbonyl (C=O) groups excluding carboxylic acids is 1. The average Bonchev–Trinajstić information content (AvgIpc) is 3.16. The molecule has 2 aromatic heterocycles. The van der Waals surface area contributed by atoms with Crippen molar-refractivity contribution in [1.29, 1.82) is 5.26 Å². The maximum atomic E-state index is 11.8. The predicted octanol–water partition coefficient (Wildman–Crippen LogP) is 1.90. The summed E-state index contributed by atoms with van der Waals surface area (Å²) in [6.07, 6.45) is 1.49. The minimum Gasteiger partial charge on any atom is -0.461 e. The average molecular weight is 335 g/mol. The van der Waals surface area contributed by atoms with Crippen molar-refractivity contribution < 1.29 is 9.53 Å². The van der Waals surface area contributed by atoms with Crippen molar-refractivity contribution in [2.45, 2.75) is 6.92 Å². The molecule has 9 heteroatoms. The van der Waals surface area contributed by atoms with E-state index in [1.54, 1.807) is 31.2 Å². The van der Waals surface area contributed by atoms with Gasteiger partial charge in [0.1, 0.15) is 17.3 Å². The number of ether oxygens (including phenoxy) is 1. The van der Waals surface area contributed by atoms with Gasteiger partial charge in [-0.25, -0.2) is 9.78 Å². The number of aromatic amines is 1. The Labute approximate surface area is 142 Å². The number of allylic oxidation sites excluding steroid dienone is 1. The predicted molar refractivity (Wildman–Crippen MR) is 89.1 cm³/mol. The number of carbonyl (C=O) groups is 1. The molecule has 0 unspecified atom stereocenters. The molecule has 0 aliphatic rings. The smallest absolute Gasteiger partial charge is 0.356 e. The van der Waals surface area contributed by atoms with Crippen molar-refractivity contribution >= 4 is 28.1 Å². The number of nitriles is 1. The summed E-state index contributed by atoms with van der Waals surface area (Å²) in [7, 11) is 0. The van der Waals surface area contributed by atoms with Gasteiger partial charge >= 0.3 is 5.97 Å². The molecule has 3 rings (SSSR count). The lowest BCUT2D eigenvalue weighted by molar-refractivity contribution is 0.0520. The number of anilines is 1. The van der Waals surface area contributed by atoms with Gasteiger partial charge in [0.25, 0.3) is 0 Å². The quantitative estimate of drug-likeness (QED) is 0.534. The molecule has 2 heterocycles. The zero-order valence-electron chi connectivity index (χ0n) is 13.2. The summed E-state index contributed by atoms with van der Waals surface area (Å²) in [6.45, 7) is 2.03. The SMILES string of the molecule is CCOC(=O)c1ccc2c(NC=C(C#N)c3nn[nH]n3)cccc2n1. The first-order chi connectivity index (χ1) is 12.2. The van der Waals surface area contributed by atoms with Crippen LogP contribution in [0.5, 0.6) is 0 Å². The maximum absolute atomic E-state index is 11.8.